The largest absolute Gasteiger partial charge is 0.358 e. The second-order valence-corrected chi connectivity index (χ2v) is 6.32. The number of fused-ring (bicyclic) bond motifs is 1. The lowest BCUT2D eigenvalue weighted by atomic mass is 10.1. The first kappa shape index (κ1) is 17.8. The molecule has 0 atom stereocenters. The molecule has 26 heavy (non-hydrogen) atoms. The van der Waals surface area contributed by atoms with Gasteiger partial charge < -0.3 is 10.3 Å². The number of aromatic amines is 1. The number of hydrogen-bond acceptors (Lipinski definition) is 3. The molecule has 0 aliphatic carbocycles. The molecule has 0 unspecified atom stereocenters. The maximum absolute atomic E-state index is 12.9. The molecule has 134 valence electrons. The predicted octanol–water partition coefficient (Wildman–Crippen LogP) is 3.37. The number of nitrogens with zero attached hydrogens (tertiary/aromatic N) is 1. The summed E-state index contributed by atoms with van der Waals surface area (Å²) in [6.45, 7) is 2.05. The smallest absolute Gasteiger partial charge is 0.238 e. The van der Waals surface area contributed by atoms with Gasteiger partial charge in [-0.3, -0.25) is 14.5 Å². The molecule has 0 bridgehead atoms. The lowest BCUT2D eigenvalue weighted by Gasteiger charge is -2.15. The molecule has 0 fully saturated rings. The van der Waals surface area contributed by atoms with Crippen molar-refractivity contribution in [3.63, 3.8) is 0 Å². The minimum Gasteiger partial charge on any atom is -0.358 e. The number of ketones is 1. The second kappa shape index (κ2) is 7.49. The summed E-state index contributed by atoms with van der Waals surface area (Å²) in [5.74, 6) is -0.667. The van der Waals surface area contributed by atoms with Crippen molar-refractivity contribution in [2.75, 3.05) is 25.5 Å². The fourth-order valence-corrected chi connectivity index (χ4v) is 2.99. The van der Waals surface area contributed by atoms with E-state index in [4.69, 9.17) is 0 Å². The van der Waals surface area contributed by atoms with Gasteiger partial charge in [0.15, 0.2) is 5.78 Å². The molecule has 0 radical (unpaired) electrons. The van der Waals surface area contributed by atoms with Gasteiger partial charge in [0.25, 0.3) is 0 Å². The van der Waals surface area contributed by atoms with E-state index in [1.807, 2.05) is 31.2 Å². The number of rotatable bonds is 6. The number of aryl methyl sites for hydroxylation is 1. The van der Waals surface area contributed by atoms with Gasteiger partial charge in [-0.25, -0.2) is 4.39 Å². The standard InChI is InChI=1S/C20H20FN3O2/c1-13-20(16-5-3-4-6-17(16)22-13)18(25)11-24(2)12-19(26)23-15-9-7-14(21)8-10-15/h3-10,22H,11-12H2,1-2H3,(H,23,26). The number of anilines is 1. The third kappa shape index (κ3) is 3.97. The van der Waals surface area contributed by atoms with E-state index < -0.39 is 0 Å². The fraction of sp³-hybridized carbons (Fsp3) is 0.200. The third-order valence-corrected chi connectivity index (χ3v) is 4.13. The van der Waals surface area contributed by atoms with E-state index in [2.05, 4.69) is 10.3 Å². The number of hydrogen-bond donors (Lipinski definition) is 2. The number of aromatic nitrogens is 1. The molecule has 0 aliphatic rings. The summed E-state index contributed by atoms with van der Waals surface area (Å²) in [5.41, 5.74) is 2.92. The molecule has 2 aromatic carbocycles. The first-order chi connectivity index (χ1) is 12.4. The summed E-state index contributed by atoms with van der Waals surface area (Å²) in [7, 11) is 1.71. The highest BCUT2D eigenvalue weighted by atomic mass is 19.1. The van der Waals surface area contributed by atoms with Crippen LogP contribution in [-0.4, -0.2) is 41.7 Å². The maximum atomic E-state index is 12.9. The highest BCUT2D eigenvalue weighted by molar-refractivity contribution is 6.10. The van der Waals surface area contributed by atoms with E-state index in [0.29, 0.717) is 11.3 Å². The highest BCUT2D eigenvalue weighted by Gasteiger charge is 2.18. The summed E-state index contributed by atoms with van der Waals surface area (Å²) in [6, 6.07) is 13.2. The van der Waals surface area contributed by atoms with Crippen LogP contribution < -0.4 is 5.32 Å². The van der Waals surface area contributed by atoms with Crippen molar-refractivity contribution in [3.8, 4) is 0 Å². The van der Waals surface area contributed by atoms with Crippen LogP contribution in [0.15, 0.2) is 48.5 Å². The number of carbonyl (C=O) groups is 2. The molecule has 3 rings (SSSR count). The average Bonchev–Trinajstić information content (AvgIpc) is 2.92. The summed E-state index contributed by atoms with van der Waals surface area (Å²) < 4.78 is 12.9. The quantitative estimate of drug-likeness (QED) is 0.668. The van der Waals surface area contributed by atoms with Crippen LogP contribution in [0.2, 0.25) is 0 Å². The van der Waals surface area contributed by atoms with Gasteiger partial charge in [0, 0.05) is 27.8 Å². The molecule has 6 heteroatoms. The lowest BCUT2D eigenvalue weighted by Crippen LogP contribution is -2.34. The number of halogens is 1. The third-order valence-electron chi connectivity index (χ3n) is 4.13. The summed E-state index contributed by atoms with van der Waals surface area (Å²) >= 11 is 0. The van der Waals surface area contributed by atoms with Crippen molar-refractivity contribution in [1.82, 2.24) is 9.88 Å². The number of nitrogens with one attached hydrogen (secondary N) is 2. The van der Waals surface area contributed by atoms with Crippen molar-refractivity contribution in [1.29, 1.82) is 0 Å². The Morgan fingerprint density at radius 3 is 2.50 bits per heavy atom. The van der Waals surface area contributed by atoms with E-state index >= 15 is 0 Å². The number of benzene rings is 2. The molecule has 1 heterocycles. The minimum atomic E-state index is -0.361. The van der Waals surface area contributed by atoms with Crippen LogP contribution in [0.25, 0.3) is 10.9 Å². The lowest BCUT2D eigenvalue weighted by molar-refractivity contribution is -0.116. The molecule has 5 nitrogen and oxygen atoms in total. The molecule has 0 aliphatic heterocycles. The Kier molecular flexibility index (Phi) is 5.14. The number of Topliss-reactive ketones (excluding diaryl/α,β-unsaturated/α-hetero) is 1. The Morgan fingerprint density at radius 1 is 1.08 bits per heavy atom. The van der Waals surface area contributed by atoms with E-state index in [1.165, 1.54) is 24.3 Å². The average molecular weight is 353 g/mol. The number of carbonyl (C=O) groups excluding carboxylic acids is 2. The fourth-order valence-electron chi connectivity index (χ4n) is 2.99. The Morgan fingerprint density at radius 2 is 1.77 bits per heavy atom. The van der Waals surface area contributed by atoms with Gasteiger partial charge in [-0.15, -0.1) is 0 Å². The first-order valence-corrected chi connectivity index (χ1v) is 8.28. The van der Waals surface area contributed by atoms with Crippen molar-refractivity contribution in [2.24, 2.45) is 0 Å². The van der Waals surface area contributed by atoms with E-state index in [0.717, 1.165) is 16.6 Å². The van der Waals surface area contributed by atoms with Crippen molar-refractivity contribution < 1.29 is 14.0 Å². The van der Waals surface area contributed by atoms with Crippen LogP contribution in [0.3, 0.4) is 0 Å². The monoisotopic (exact) mass is 353 g/mol. The molecular formula is C20H20FN3O2. The topological polar surface area (TPSA) is 65.2 Å². The Bertz CT molecular complexity index is 947. The molecule has 0 saturated carbocycles. The number of amides is 1. The predicted molar refractivity (Wildman–Crippen MR) is 99.9 cm³/mol. The van der Waals surface area contributed by atoms with Crippen molar-refractivity contribution in [3.05, 3.63) is 65.6 Å². The molecule has 0 saturated heterocycles. The highest BCUT2D eigenvalue weighted by Crippen LogP contribution is 2.22. The summed E-state index contributed by atoms with van der Waals surface area (Å²) in [5, 5.41) is 3.57. The van der Waals surface area contributed by atoms with Crippen LogP contribution in [-0.2, 0) is 4.79 Å². The van der Waals surface area contributed by atoms with Crippen molar-refractivity contribution >= 4 is 28.3 Å². The van der Waals surface area contributed by atoms with Crippen LogP contribution in [0.4, 0.5) is 10.1 Å². The van der Waals surface area contributed by atoms with E-state index in [-0.39, 0.29) is 30.6 Å². The van der Waals surface area contributed by atoms with Gasteiger partial charge in [-0.2, -0.15) is 0 Å². The maximum Gasteiger partial charge on any atom is 0.238 e. The number of likely N-dealkylation sites (N-methyl/N-ethyl adjacent to an activating group) is 1. The van der Waals surface area contributed by atoms with Gasteiger partial charge in [-0.1, -0.05) is 18.2 Å². The zero-order chi connectivity index (χ0) is 18.7. The van der Waals surface area contributed by atoms with Crippen molar-refractivity contribution in [2.45, 2.75) is 6.92 Å². The molecule has 1 amide bonds. The van der Waals surface area contributed by atoms with E-state index in [1.54, 1.807) is 11.9 Å². The second-order valence-electron chi connectivity index (χ2n) is 6.32. The molecule has 2 N–H and O–H groups in total. The number of para-hydroxylation sites is 1. The molecular weight excluding hydrogens is 333 g/mol. The number of H-pyrrole nitrogens is 1. The minimum absolute atomic E-state index is 0.0444. The van der Waals surface area contributed by atoms with Crippen LogP contribution in [0.5, 0.6) is 0 Å². The zero-order valence-electron chi connectivity index (χ0n) is 14.7. The normalized spacial score (nSPS) is 11.1. The molecule has 0 spiro atoms. The SMILES string of the molecule is Cc1[nH]c2ccccc2c1C(=O)CN(C)CC(=O)Nc1ccc(F)cc1. The van der Waals surface area contributed by atoms with Crippen LogP contribution in [0, 0.1) is 12.7 Å². The van der Waals surface area contributed by atoms with Crippen LogP contribution >= 0.6 is 0 Å². The first-order valence-electron chi connectivity index (χ1n) is 8.28. The van der Waals surface area contributed by atoms with E-state index in [9.17, 15) is 14.0 Å². The Labute approximate surface area is 150 Å². The zero-order valence-corrected chi connectivity index (χ0v) is 14.7. The Hall–Kier alpha value is -2.99. The van der Waals surface area contributed by atoms with Gasteiger partial charge in [0.1, 0.15) is 5.82 Å². The molecule has 3 aromatic rings. The van der Waals surface area contributed by atoms with Gasteiger partial charge in [-0.05, 0) is 44.3 Å². The van der Waals surface area contributed by atoms with Gasteiger partial charge >= 0.3 is 0 Å². The van der Waals surface area contributed by atoms with Gasteiger partial charge in [0.05, 0.1) is 13.1 Å². The Balaban J connectivity index is 1.62. The van der Waals surface area contributed by atoms with Gasteiger partial charge in [0.2, 0.25) is 5.91 Å². The summed E-state index contributed by atoms with van der Waals surface area (Å²) in [4.78, 5) is 29.6. The summed E-state index contributed by atoms with van der Waals surface area (Å²) in [6.07, 6.45) is 0. The molecule has 1 aromatic heterocycles. The van der Waals surface area contributed by atoms with Crippen LogP contribution in [0.1, 0.15) is 16.1 Å².